The predicted molar refractivity (Wildman–Crippen MR) is 72.5 cm³/mol. The van der Waals surface area contributed by atoms with Gasteiger partial charge < -0.3 is 5.73 Å². The topological polar surface area (TPSA) is 51.8 Å². The summed E-state index contributed by atoms with van der Waals surface area (Å²) in [5, 5.41) is 0.915. The average Bonchev–Trinajstić information content (AvgIpc) is 2.87. The molecule has 1 aliphatic carbocycles. The Morgan fingerprint density at radius 3 is 2.83 bits per heavy atom. The second-order valence-corrected chi connectivity index (χ2v) is 5.46. The van der Waals surface area contributed by atoms with Crippen molar-refractivity contribution < 1.29 is 0 Å². The SMILES string of the molecule is NCc1nccnc1Sc1ccc2c(c1)CCC2. The van der Waals surface area contributed by atoms with Crippen molar-refractivity contribution in [1.82, 2.24) is 9.97 Å². The van der Waals surface area contributed by atoms with Gasteiger partial charge in [0.1, 0.15) is 5.03 Å². The van der Waals surface area contributed by atoms with E-state index in [-0.39, 0.29) is 0 Å². The first-order chi connectivity index (χ1) is 8.86. The second-order valence-electron chi connectivity index (χ2n) is 4.40. The number of nitrogens with two attached hydrogens (primary N) is 1. The minimum atomic E-state index is 0.432. The maximum absolute atomic E-state index is 5.68. The molecular formula is C14H15N3S. The molecule has 18 heavy (non-hydrogen) atoms. The number of fused-ring (bicyclic) bond motifs is 1. The van der Waals surface area contributed by atoms with E-state index in [0.717, 1.165) is 10.7 Å². The molecule has 1 aromatic carbocycles. The lowest BCUT2D eigenvalue weighted by Crippen LogP contribution is -2.02. The Bertz CT molecular complexity index is 569. The van der Waals surface area contributed by atoms with Crippen molar-refractivity contribution in [3.05, 3.63) is 47.4 Å². The monoisotopic (exact) mass is 257 g/mol. The van der Waals surface area contributed by atoms with Crippen molar-refractivity contribution in [2.24, 2.45) is 5.73 Å². The van der Waals surface area contributed by atoms with Gasteiger partial charge in [0.05, 0.1) is 5.69 Å². The van der Waals surface area contributed by atoms with Crippen LogP contribution in [0.15, 0.2) is 40.5 Å². The lowest BCUT2D eigenvalue weighted by Gasteiger charge is -2.06. The number of rotatable bonds is 3. The van der Waals surface area contributed by atoms with E-state index < -0.39 is 0 Å². The second kappa shape index (κ2) is 5.08. The third kappa shape index (κ3) is 2.26. The third-order valence-electron chi connectivity index (χ3n) is 3.21. The Hall–Kier alpha value is -1.39. The minimum absolute atomic E-state index is 0.432. The van der Waals surface area contributed by atoms with Crippen LogP contribution >= 0.6 is 11.8 Å². The van der Waals surface area contributed by atoms with Gasteiger partial charge in [-0.15, -0.1) is 0 Å². The summed E-state index contributed by atoms with van der Waals surface area (Å²) in [5.41, 5.74) is 9.52. The first kappa shape index (κ1) is 11.7. The number of aromatic nitrogens is 2. The molecule has 1 heterocycles. The Morgan fingerprint density at radius 1 is 1.11 bits per heavy atom. The molecule has 0 unspecified atom stereocenters. The van der Waals surface area contributed by atoms with Gasteiger partial charge >= 0.3 is 0 Å². The molecule has 0 bridgehead atoms. The normalized spacial score (nSPS) is 13.6. The summed E-state index contributed by atoms with van der Waals surface area (Å²) in [4.78, 5) is 9.84. The van der Waals surface area contributed by atoms with Crippen LogP contribution in [-0.4, -0.2) is 9.97 Å². The van der Waals surface area contributed by atoms with Crippen LogP contribution in [0.5, 0.6) is 0 Å². The molecule has 3 nitrogen and oxygen atoms in total. The van der Waals surface area contributed by atoms with Crippen molar-refractivity contribution in [2.75, 3.05) is 0 Å². The predicted octanol–water partition coefficient (Wildman–Crippen LogP) is 2.58. The summed E-state index contributed by atoms with van der Waals surface area (Å²) in [6.45, 7) is 0.432. The van der Waals surface area contributed by atoms with E-state index in [4.69, 9.17) is 5.73 Å². The zero-order valence-electron chi connectivity index (χ0n) is 10.1. The molecule has 3 rings (SSSR count). The first-order valence-electron chi connectivity index (χ1n) is 6.16. The van der Waals surface area contributed by atoms with Gasteiger partial charge in [-0.1, -0.05) is 17.8 Å². The first-order valence-corrected chi connectivity index (χ1v) is 6.98. The largest absolute Gasteiger partial charge is 0.325 e. The lowest BCUT2D eigenvalue weighted by molar-refractivity contribution is 0.886. The molecule has 0 aliphatic heterocycles. The van der Waals surface area contributed by atoms with Gasteiger partial charge in [0.15, 0.2) is 0 Å². The van der Waals surface area contributed by atoms with Gasteiger partial charge in [-0.05, 0) is 42.5 Å². The molecule has 0 fully saturated rings. The van der Waals surface area contributed by atoms with Crippen LogP contribution in [0.4, 0.5) is 0 Å². The van der Waals surface area contributed by atoms with Crippen molar-refractivity contribution in [3.63, 3.8) is 0 Å². The number of hydrogen-bond acceptors (Lipinski definition) is 4. The Morgan fingerprint density at radius 2 is 1.94 bits per heavy atom. The maximum atomic E-state index is 5.68. The van der Waals surface area contributed by atoms with Gasteiger partial charge in [-0.2, -0.15) is 0 Å². The average molecular weight is 257 g/mol. The summed E-state index contributed by atoms with van der Waals surface area (Å²) in [6.07, 6.45) is 7.11. The number of aryl methyl sites for hydroxylation is 2. The highest BCUT2D eigenvalue weighted by molar-refractivity contribution is 7.99. The molecular weight excluding hydrogens is 242 g/mol. The summed E-state index contributed by atoms with van der Waals surface area (Å²) >= 11 is 1.65. The van der Waals surface area contributed by atoms with Crippen LogP contribution in [-0.2, 0) is 19.4 Å². The van der Waals surface area contributed by atoms with Crippen LogP contribution in [0, 0.1) is 0 Å². The molecule has 92 valence electrons. The smallest absolute Gasteiger partial charge is 0.124 e. The van der Waals surface area contributed by atoms with Crippen LogP contribution in [0.3, 0.4) is 0 Å². The molecule has 0 spiro atoms. The molecule has 0 radical (unpaired) electrons. The molecule has 4 heteroatoms. The Labute approximate surface area is 111 Å². The molecule has 0 atom stereocenters. The van der Waals surface area contributed by atoms with Crippen LogP contribution in [0.1, 0.15) is 23.2 Å². The number of benzene rings is 1. The van der Waals surface area contributed by atoms with Crippen LogP contribution in [0.25, 0.3) is 0 Å². The van der Waals surface area contributed by atoms with E-state index in [2.05, 4.69) is 28.2 Å². The lowest BCUT2D eigenvalue weighted by atomic mass is 10.1. The van der Waals surface area contributed by atoms with Gasteiger partial charge in [0, 0.05) is 23.8 Å². The minimum Gasteiger partial charge on any atom is -0.325 e. The highest BCUT2D eigenvalue weighted by atomic mass is 32.2. The van der Waals surface area contributed by atoms with Crippen molar-refractivity contribution in [3.8, 4) is 0 Å². The molecule has 0 saturated carbocycles. The summed E-state index contributed by atoms with van der Waals surface area (Å²) in [5.74, 6) is 0. The molecule has 2 aromatic rings. The summed E-state index contributed by atoms with van der Waals surface area (Å²) in [7, 11) is 0. The van der Waals surface area contributed by atoms with Crippen molar-refractivity contribution in [1.29, 1.82) is 0 Å². The highest BCUT2D eigenvalue weighted by Gasteiger charge is 2.12. The van der Waals surface area contributed by atoms with Gasteiger partial charge in [-0.25, -0.2) is 4.98 Å². The fourth-order valence-electron chi connectivity index (χ4n) is 2.30. The van der Waals surface area contributed by atoms with E-state index in [1.807, 2.05) is 0 Å². The Kier molecular flexibility index (Phi) is 3.30. The van der Waals surface area contributed by atoms with E-state index in [0.29, 0.717) is 6.54 Å². The van der Waals surface area contributed by atoms with E-state index in [9.17, 15) is 0 Å². The van der Waals surface area contributed by atoms with E-state index in [1.54, 1.807) is 24.2 Å². The van der Waals surface area contributed by atoms with Crippen LogP contribution < -0.4 is 5.73 Å². The van der Waals surface area contributed by atoms with Crippen molar-refractivity contribution in [2.45, 2.75) is 35.7 Å². The van der Waals surface area contributed by atoms with Gasteiger partial charge in [0.25, 0.3) is 0 Å². The van der Waals surface area contributed by atoms with Gasteiger partial charge in [-0.3, -0.25) is 4.98 Å². The molecule has 2 N–H and O–H groups in total. The standard InChI is InChI=1S/C14H15N3S/c15-9-13-14(17-7-6-16-13)18-12-5-4-10-2-1-3-11(10)8-12/h4-8H,1-3,9,15H2. The molecule has 0 amide bonds. The quantitative estimate of drug-likeness (QED) is 0.918. The van der Waals surface area contributed by atoms with Crippen molar-refractivity contribution >= 4 is 11.8 Å². The van der Waals surface area contributed by atoms with E-state index >= 15 is 0 Å². The zero-order valence-corrected chi connectivity index (χ0v) is 10.9. The number of nitrogens with zero attached hydrogens (tertiary/aromatic N) is 2. The summed E-state index contributed by atoms with van der Waals surface area (Å²) in [6, 6.07) is 6.69. The Balaban J connectivity index is 1.88. The third-order valence-corrected chi connectivity index (χ3v) is 4.24. The fourth-order valence-corrected chi connectivity index (χ4v) is 3.23. The van der Waals surface area contributed by atoms with E-state index in [1.165, 1.54) is 35.3 Å². The maximum Gasteiger partial charge on any atom is 0.124 e. The molecule has 1 aliphatic rings. The van der Waals surface area contributed by atoms with Crippen LogP contribution in [0.2, 0.25) is 0 Å². The zero-order chi connectivity index (χ0) is 12.4. The van der Waals surface area contributed by atoms with Gasteiger partial charge in [0.2, 0.25) is 0 Å². The fraction of sp³-hybridized carbons (Fsp3) is 0.286. The highest BCUT2D eigenvalue weighted by Crippen LogP contribution is 2.31. The molecule has 1 aromatic heterocycles. The summed E-state index contributed by atoms with van der Waals surface area (Å²) < 4.78 is 0. The number of hydrogen-bond donors (Lipinski definition) is 1. The molecule has 0 saturated heterocycles.